The van der Waals surface area contributed by atoms with Gasteiger partial charge in [-0.15, -0.1) is 0 Å². The van der Waals surface area contributed by atoms with Crippen LogP contribution < -0.4 is 10.4 Å². The van der Waals surface area contributed by atoms with Gasteiger partial charge in [0, 0.05) is 18.5 Å². The van der Waals surface area contributed by atoms with Gasteiger partial charge in [0.15, 0.2) is 0 Å². The summed E-state index contributed by atoms with van der Waals surface area (Å²) in [6.45, 7) is 3.63. The molecule has 7 heteroatoms. The highest BCUT2D eigenvalue weighted by Crippen LogP contribution is 2.39. The van der Waals surface area contributed by atoms with Gasteiger partial charge >= 0.3 is 11.6 Å². The first-order valence-corrected chi connectivity index (χ1v) is 10.6. The van der Waals surface area contributed by atoms with Gasteiger partial charge in [-0.25, -0.2) is 4.79 Å². The molecule has 0 bridgehead atoms. The second kappa shape index (κ2) is 9.12. The van der Waals surface area contributed by atoms with E-state index in [1.165, 1.54) is 12.7 Å². The summed E-state index contributed by atoms with van der Waals surface area (Å²) in [6.07, 6.45) is 1.82. The first kappa shape index (κ1) is 21.4. The summed E-state index contributed by atoms with van der Waals surface area (Å²) in [4.78, 5) is 26.5. The van der Waals surface area contributed by atoms with Gasteiger partial charge < -0.3 is 13.9 Å². The molecule has 0 radical (unpaired) electrons. The summed E-state index contributed by atoms with van der Waals surface area (Å²) in [5.41, 5.74) is 2.94. The third kappa shape index (κ3) is 4.45. The number of hydrogen-bond acceptors (Lipinski definition) is 6. The molecule has 1 aliphatic heterocycles. The lowest BCUT2D eigenvalue weighted by Crippen LogP contribution is -2.33. The molecule has 0 aliphatic carbocycles. The van der Waals surface area contributed by atoms with Crippen molar-refractivity contribution in [3.63, 3.8) is 0 Å². The van der Waals surface area contributed by atoms with Crippen LogP contribution in [0.1, 0.15) is 28.7 Å². The minimum Gasteiger partial charge on any atom is -0.476 e. The minimum atomic E-state index is -0.541. The largest absolute Gasteiger partial charge is 0.476 e. The topological polar surface area (TPSA) is 69.0 Å². The SMILES string of the molecule is COC(=O)Cc1c(C)c2cc(Cl)c3c(c2oc1=O)CN(CCCc1ccccc1)CO3. The second-order valence-corrected chi connectivity index (χ2v) is 8.11. The van der Waals surface area contributed by atoms with Gasteiger partial charge in [-0.3, -0.25) is 9.69 Å². The summed E-state index contributed by atoms with van der Waals surface area (Å²) in [5.74, 6) is 0.0588. The quantitative estimate of drug-likeness (QED) is 0.420. The van der Waals surface area contributed by atoms with Gasteiger partial charge in [-0.1, -0.05) is 41.9 Å². The van der Waals surface area contributed by atoms with E-state index in [0.29, 0.717) is 40.6 Å². The monoisotopic (exact) mass is 441 g/mol. The minimum absolute atomic E-state index is 0.141. The Balaban J connectivity index is 1.61. The molecule has 0 fully saturated rings. The number of hydrogen-bond donors (Lipinski definition) is 0. The summed E-state index contributed by atoms with van der Waals surface area (Å²) < 4.78 is 16.3. The fourth-order valence-electron chi connectivity index (χ4n) is 3.97. The maximum atomic E-state index is 12.6. The van der Waals surface area contributed by atoms with E-state index in [-0.39, 0.29) is 12.0 Å². The number of carbonyl (C=O) groups is 1. The highest BCUT2D eigenvalue weighted by Gasteiger charge is 2.26. The molecule has 31 heavy (non-hydrogen) atoms. The summed E-state index contributed by atoms with van der Waals surface area (Å²) >= 11 is 6.50. The van der Waals surface area contributed by atoms with Crippen molar-refractivity contribution >= 4 is 28.5 Å². The van der Waals surface area contributed by atoms with Crippen LogP contribution >= 0.6 is 11.6 Å². The van der Waals surface area contributed by atoms with Gasteiger partial charge in [0.2, 0.25) is 0 Å². The number of ether oxygens (including phenoxy) is 2. The van der Waals surface area contributed by atoms with Gasteiger partial charge in [-0.05, 0) is 37.0 Å². The van der Waals surface area contributed by atoms with Crippen molar-refractivity contribution in [3.8, 4) is 5.75 Å². The van der Waals surface area contributed by atoms with Crippen LogP contribution in [0.4, 0.5) is 0 Å². The lowest BCUT2D eigenvalue weighted by atomic mass is 10.00. The number of fused-ring (bicyclic) bond motifs is 3. The van der Waals surface area contributed by atoms with Crippen LogP contribution in [0.2, 0.25) is 5.02 Å². The third-order valence-electron chi connectivity index (χ3n) is 5.68. The zero-order chi connectivity index (χ0) is 22.0. The first-order chi connectivity index (χ1) is 15.0. The van der Waals surface area contributed by atoms with Crippen LogP contribution in [0.25, 0.3) is 11.0 Å². The number of nitrogens with zero attached hydrogens (tertiary/aromatic N) is 1. The molecule has 1 aliphatic rings. The molecule has 0 atom stereocenters. The Morgan fingerprint density at radius 1 is 1.26 bits per heavy atom. The standard InChI is InChI=1S/C24H24ClNO5/c1-15-17-11-20(25)23-19(22(17)31-24(28)18(15)12-21(27)29-2)13-26(14-30-23)10-6-9-16-7-4-3-5-8-16/h3-5,7-8,11H,6,9-10,12-14H2,1-2H3. The molecule has 2 aromatic carbocycles. The molecular weight excluding hydrogens is 418 g/mol. The van der Waals surface area contributed by atoms with Crippen LogP contribution in [0.15, 0.2) is 45.6 Å². The Hall–Kier alpha value is -2.83. The van der Waals surface area contributed by atoms with Crippen LogP contribution in [-0.4, -0.2) is 31.3 Å². The zero-order valence-corrected chi connectivity index (χ0v) is 18.3. The average molecular weight is 442 g/mol. The van der Waals surface area contributed by atoms with E-state index in [1.54, 1.807) is 13.0 Å². The Kier molecular flexibility index (Phi) is 6.30. The Bertz CT molecular complexity index is 1170. The highest BCUT2D eigenvalue weighted by molar-refractivity contribution is 6.33. The van der Waals surface area contributed by atoms with Crippen molar-refractivity contribution in [3.05, 3.63) is 74.1 Å². The van der Waals surface area contributed by atoms with Crippen molar-refractivity contribution in [2.75, 3.05) is 20.4 Å². The van der Waals surface area contributed by atoms with Crippen molar-refractivity contribution in [2.24, 2.45) is 0 Å². The van der Waals surface area contributed by atoms with Crippen molar-refractivity contribution in [1.82, 2.24) is 4.90 Å². The van der Waals surface area contributed by atoms with Crippen LogP contribution in [0.3, 0.4) is 0 Å². The first-order valence-electron chi connectivity index (χ1n) is 10.2. The molecule has 1 aromatic heterocycles. The molecule has 0 N–H and O–H groups in total. The third-order valence-corrected chi connectivity index (χ3v) is 5.96. The zero-order valence-electron chi connectivity index (χ0n) is 17.6. The summed E-state index contributed by atoms with van der Waals surface area (Å²) in [5, 5.41) is 1.17. The van der Waals surface area contributed by atoms with Crippen LogP contribution in [0, 0.1) is 6.92 Å². The van der Waals surface area contributed by atoms with E-state index in [1.807, 2.05) is 18.2 Å². The summed E-state index contributed by atoms with van der Waals surface area (Å²) in [6, 6.07) is 12.1. The Labute approximate surface area is 185 Å². The van der Waals surface area contributed by atoms with Crippen LogP contribution in [0.5, 0.6) is 5.75 Å². The van der Waals surface area contributed by atoms with Crippen molar-refractivity contribution < 1.29 is 18.7 Å². The molecule has 0 spiro atoms. The maximum absolute atomic E-state index is 12.6. The number of methoxy groups -OCH3 is 1. The fourth-order valence-corrected chi connectivity index (χ4v) is 4.25. The maximum Gasteiger partial charge on any atom is 0.340 e. The fraction of sp³-hybridized carbons (Fsp3) is 0.333. The normalized spacial score (nSPS) is 13.6. The molecule has 162 valence electrons. The lowest BCUT2D eigenvalue weighted by Gasteiger charge is -2.30. The number of aryl methyl sites for hydroxylation is 2. The van der Waals surface area contributed by atoms with E-state index >= 15 is 0 Å². The van der Waals surface area contributed by atoms with E-state index in [2.05, 4.69) is 17.0 Å². The van der Waals surface area contributed by atoms with Gasteiger partial charge in [0.25, 0.3) is 0 Å². The predicted molar refractivity (Wildman–Crippen MR) is 119 cm³/mol. The number of rotatable bonds is 6. The van der Waals surface area contributed by atoms with Gasteiger partial charge in [0.05, 0.1) is 29.7 Å². The number of halogens is 1. The highest BCUT2D eigenvalue weighted by atomic mass is 35.5. The molecule has 0 unspecified atom stereocenters. The molecule has 2 heterocycles. The smallest absolute Gasteiger partial charge is 0.340 e. The van der Waals surface area contributed by atoms with Crippen molar-refractivity contribution in [2.45, 2.75) is 32.7 Å². The summed E-state index contributed by atoms with van der Waals surface area (Å²) in [7, 11) is 1.29. The van der Waals surface area contributed by atoms with Gasteiger partial charge in [-0.2, -0.15) is 0 Å². The van der Waals surface area contributed by atoms with Crippen LogP contribution in [-0.2, 0) is 28.9 Å². The van der Waals surface area contributed by atoms with Crippen molar-refractivity contribution in [1.29, 1.82) is 0 Å². The molecular formula is C24H24ClNO5. The Morgan fingerprint density at radius 3 is 2.77 bits per heavy atom. The molecule has 4 rings (SSSR count). The number of esters is 1. The molecule has 6 nitrogen and oxygen atoms in total. The number of benzene rings is 2. The molecule has 0 saturated heterocycles. The van der Waals surface area contributed by atoms with E-state index in [9.17, 15) is 9.59 Å². The molecule has 0 amide bonds. The number of carbonyl (C=O) groups excluding carboxylic acids is 1. The average Bonchev–Trinajstić information content (AvgIpc) is 2.78. The molecule has 0 saturated carbocycles. The second-order valence-electron chi connectivity index (χ2n) is 7.70. The van der Waals surface area contributed by atoms with Gasteiger partial charge in [0.1, 0.15) is 18.1 Å². The van der Waals surface area contributed by atoms with E-state index in [0.717, 1.165) is 24.9 Å². The van der Waals surface area contributed by atoms with E-state index < -0.39 is 11.6 Å². The Morgan fingerprint density at radius 2 is 2.03 bits per heavy atom. The molecule has 3 aromatic rings. The predicted octanol–water partition coefficient (Wildman–Crippen LogP) is 4.26. The lowest BCUT2D eigenvalue weighted by molar-refractivity contribution is -0.139. The van der Waals surface area contributed by atoms with E-state index in [4.69, 9.17) is 25.5 Å².